The molecule has 0 radical (unpaired) electrons. The number of hydrogen-bond donors (Lipinski definition) is 2. The number of carbonyl (C=O) groups is 2. The molecule has 0 saturated carbocycles. The van der Waals surface area contributed by atoms with Gasteiger partial charge in [-0.2, -0.15) is 0 Å². The van der Waals surface area contributed by atoms with Crippen molar-refractivity contribution in [1.29, 1.82) is 0 Å². The van der Waals surface area contributed by atoms with Crippen LogP contribution in [0.3, 0.4) is 0 Å². The highest BCUT2D eigenvalue weighted by molar-refractivity contribution is 5.95. The van der Waals surface area contributed by atoms with E-state index in [1.54, 1.807) is 18.2 Å². The normalized spacial score (nSPS) is 11.9. The fraction of sp³-hybridized carbons (Fsp3) is 0.176. The highest BCUT2D eigenvalue weighted by Crippen LogP contribution is 2.32. The first kappa shape index (κ1) is 15.8. The lowest BCUT2D eigenvalue weighted by molar-refractivity contribution is -0.114. The van der Waals surface area contributed by atoms with Gasteiger partial charge in [0.15, 0.2) is 11.5 Å². The molecule has 24 heavy (non-hydrogen) atoms. The van der Waals surface area contributed by atoms with Crippen LogP contribution in [-0.4, -0.2) is 18.6 Å². The summed E-state index contributed by atoms with van der Waals surface area (Å²) in [6, 6.07) is 9.22. The Morgan fingerprint density at radius 2 is 1.92 bits per heavy atom. The number of fused-ring (bicyclic) bond motifs is 1. The van der Waals surface area contributed by atoms with Gasteiger partial charge in [0.25, 0.3) is 5.91 Å². The van der Waals surface area contributed by atoms with Crippen molar-refractivity contribution >= 4 is 17.5 Å². The molecule has 6 nitrogen and oxygen atoms in total. The van der Waals surface area contributed by atoms with Crippen LogP contribution in [0.4, 0.5) is 10.1 Å². The molecule has 1 aliphatic heterocycles. The monoisotopic (exact) mass is 330 g/mol. The van der Waals surface area contributed by atoms with E-state index in [4.69, 9.17) is 9.47 Å². The number of halogens is 1. The summed E-state index contributed by atoms with van der Waals surface area (Å²) in [4.78, 5) is 23.1. The zero-order valence-corrected chi connectivity index (χ0v) is 12.9. The lowest BCUT2D eigenvalue weighted by Crippen LogP contribution is -2.24. The van der Waals surface area contributed by atoms with Crippen LogP contribution >= 0.6 is 0 Å². The molecule has 1 heterocycles. The van der Waals surface area contributed by atoms with E-state index in [-0.39, 0.29) is 24.8 Å². The van der Waals surface area contributed by atoms with Gasteiger partial charge in [-0.3, -0.25) is 9.59 Å². The number of rotatable bonds is 4. The SMILES string of the molecule is CC(=O)Nc1ccc(C(=O)NCc2ccc3c(c2)OCO3)c(F)c1. The number of amides is 2. The summed E-state index contributed by atoms with van der Waals surface area (Å²) in [6.45, 7) is 1.73. The molecule has 0 atom stereocenters. The van der Waals surface area contributed by atoms with Gasteiger partial charge < -0.3 is 20.1 Å². The maximum atomic E-state index is 14.0. The third-order valence-corrected chi connectivity index (χ3v) is 3.42. The van der Waals surface area contributed by atoms with Crippen molar-refractivity contribution in [3.63, 3.8) is 0 Å². The van der Waals surface area contributed by atoms with Crippen molar-refractivity contribution < 1.29 is 23.5 Å². The van der Waals surface area contributed by atoms with Crippen LogP contribution in [0.1, 0.15) is 22.8 Å². The number of hydrogen-bond acceptors (Lipinski definition) is 4. The molecule has 0 bridgehead atoms. The molecule has 0 aromatic heterocycles. The van der Waals surface area contributed by atoms with E-state index in [0.29, 0.717) is 17.2 Å². The van der Waals surface area contributed by atoms with Crippen molar-refractivity contribution in [3.8, 4) is 11.5 Å². The third kappa shape index (κ3) is 3.45. The zero-order valence-electron chi connectivity index (χ0n) is 12.9. The van der Waals surface area contributed by atoms with E-state index in [9.17, 15) is 14.0 Å². The average molecular weight is 330 g/mol. The lowest BCUT2D eigenvalue weighted by atomic mass is 10.1. The molecule has 2 N–H and O–H groups in total. The first-order valence-electron chi connectivity index (χ1n) is 7.27. The second-order valence-corrected chi connectivity index (χ2v) is 5.25. The molecule has 0 saturated heterocycles. The molecule has 2 amide bonds. The molecular weight excluding hydrogens is 315 g/mol. The van der Waals surface area contributed by atoms with Gasteiger partial charge in [0.05, 0.1) is 5.56 Å². The quantitative estimate of drug-likeness (QED) is 0.903. The fourth-order valence-electron chi connectivity index (χ4n) is 2.31. The third-order valence-electron chi connectivity index (χ3n) is 3.42. The van der Waals surface area contributed by atoms with Gasteiger partial charge in [-0.15, -0.1) is 0 Å². The minimum absolute atomic E-state index is 0.0927. The predicted octanol–water partition coefficient (Wildman–Crippen LogP) is 2.44. The molecule has 124 valence electrons. The Bertz CT molecular complexity index is 807. The van der Waals surface area contributed by atoms with Crippen LogP contribution in [0.2, 0.25) is 0 Å². The number of carbonyl (C=O) groups excluding carboxylic acids is 2. The molecule has 0 spiro atoms. The van der Waals surface area contributed by atoms with Crippen molar-refractivity contribution in [2.24, 2.45) is 0 Å². The Kier molecular flexibility index (Phi) is 4.33. The van der Waals surface area contributed by atoms with Crippen molar-refractivity contribution in [3.05, 3.63) is 53.3 Å². The van der Waals surface area contributed by atoms with E-state index in [1.165, 1.54) is 19.1 Å². The highest BCUT2D eigenvalue weighted by Gasteiger charge is 2.15. The second kappa shape index (κ2) is 6.57. The summed E-state index contributed by atoms with van der Waals surface area (Å²) in [7, 11) is 0. The number of benzene rings is 2. The zero-order chi connectivity index (χ0) is 17.1. The Morgan fingerprint density at radius 3 is 2.67 bits per heavy atom. The molecule has 7 heteroatoms. The number of anilines is 1. The molecule has 0 fully saturated rings. The van der Waals surface area contributed by atoms with Crippen molar-refractivity contribution in [1.82, 2.24) is 5.32 Å². The first-order valence-corrected chi connectivity index (χ1v) is 7.27. The van der Waals surface area contributed by atoms with Crippen LogP contribution in [-0.2, 0) is 11.3 Å². The summed E-state index contributed by atoms with van der Waals surface area (Å²) in [5.74, 6) is -0.282. The van der Waals surface area contributed by atoms with Crippen LogP contribution in [0, 0.1) is 5.82 Å². The smallest absolute Gasteiger partial charge is 0.254 e. The first-order chi connectivity index (χ1) is 11.5. The van der Waals surface area contributed by atoms with E-state index in [1.807, 2.05) is 0 Å². The molecule has 2 aromatic rings. The molecule has 0 aliphatic carbocycles. The van der Waals surface area contributed by atoms with Crippen molar-refractivity contribution in [2.75, 3.05) is 12.1 Å². The standard InChI is InChI=1S/C17H15FN2O4/c1-10(21)20-12-3-4-13(14(18)7-12)17(22)19-8-11-2-5-15-16(6-11)24-9-23-15/h2-7H,8-9H2,1H3,(H,19,22)(H,20,21). The summed E-state index contributed by atoms with van der Waals surface area (Å²) in [5.41, 5.74) is 1.01. The molecule has 2 aromatic carbocycles. The molecule has 0 unspecified atom stereocenters. The average Bonchev–Trinajstić information content (AvgIpc) is 2.99. The molecule has 3 rings (SSSR count). The highest BCUT2D eigenvalue weighted by atomic mass is 19.1. The van der Waals surface area contributed by atoms with Crippen LogP contribution in [0.5, 0.6) is 11.5 Å². The van der Waals surface area contributed by atoms with Crippen LogP contribution < -0.4 is 20.1 Å². The Labute approximate surface area is 137 Å². The molecular formula is C17H15FN2O4. The van der Waals surface area contributed by atoms with E-state index >= 15 is 0 Å². The second-order valence-electron chi connectivity index (χ2n) is 5.25. The van der Waals surface area contributed by atoms with Crippen molar-refractivity contribution in [2.45, 2.75) is 13.5 Å². The van der Waals surface area contributed by atoms with Crippen LogP contribution in [0.15, 0.2) is 36.4 Å². The van der Waals surface area contributed by atoms with Gasteiger partial charge in [0.1, 0.15) is 5.82 Å². The van der Waals surface area contributed by atoms with Gasteiger partial charge in [-0.25, -0.2) is 4.39 Å². The van der Waals surface area contributed by atoms with Gasteiger partial charge in [0.2, 0.25) is 12.7 Å². The topological polar surface area (TPSA) is 76.7 Å². The maximum absolute atomic E-state index is 14.0. The summed E-state index contributed by atoms with van der Waals surface area (Å²) < 4.78 is 24.5. The minimum Gasteiger partial charge on any atom is -0.454 e. The van der Waals surface area contributed by atoms with Crippen LogP contribution in [0.25, 0.3) is 0 Å². The number of ether oxygens (including phenoxy) is 2. The van der Waals surface area contributed by atoms with E-state index in [2.05, 4.69) is 10.6 Å². The predicted molar refractivity (Wildman–Crippen MR) is 84.4 cm³/mol. The lowest BCUT2D eigenvalue weighted by Gasteiger charge is -2.08. The van der Waals surface area contributed by atoms with E-state index in [0.717, 1.165) is 11.6 Å². The number of nitrogens with one attached hydrogen (secondary N) is 2. The minimum atomic E-state index is -0.704. The van der Waals surface area contributed by atoms with Gasteiger partial charge in [-0.05, 0) is 35.9 Å². The largest absolute Gasteiger partial charge is 0.454 e. The summed E-state index contributed by atoms with van der Waals surface area (Å²) >= 11 is 0. The Morgan fingerprint density at radius 1 is 1.12 bits per heavy atom. The fourth-order valence-corrected chi connectivity index (χ4v) is 2.31. The Hall–Kier alpha value is -3.09. The summed E-state index contributed by atoms with van der Waals surface area (Å²) in [6.07, 6.45) is 0. The summed E-state index contributed by atoms with van der Waals surface area (Å²) in [5, 5.41) is 5.10. The van der Waals surface area contributed by atoms with Gasteiger partial charge in [0, 0.05) is 19.2 Å². The maximum Gasteiger partial charge on any atom is 0.254 e. The van der Waals surface area contributed by atoms with E-state index < -0.39 is 11.7 Å². The van der Waals surface area contributed by atoms with Gasteiger partial charge in [-0.1, -0.05) is 6.07 Å². The molecule has 1 aliphatic rings. The van der Waals surface area contributed by atoms with Gasteiger partial charge >= 0.3 is 0 Å². The Balaban J connectivity index is 1.65.